The first-order valence-electron chi connectivity index (χ1n) is 7.76. The molecule has 0 radical (unpaired) electrons. The average Bonchev–Trinajstić information content (AvgIpc) is 2.50. The molecule has 0 bridgehead atoms. The third-order valence-electron chi connectivity index (χ3n) is 4.27. The fourth-order valence-electron chi connectivity index (χ4n) is 3.27. The minimum Gasteiger partial charge on any atom is -0.317 e. The lowest BCUT2D eigenvalue weighted by atomic mass is 9.90. The molecule has 0 aromatic rings. The summed E-state index contributed by atoms with van der Waals surface area (Å²) in [6.45, 7) is 8.97. The maximum atomic E-state index is 3.46. The van der Waals surface area contributed by atoms with E-state index in [9.17, 15) is 0 Å². The van der Waals surface area contributed by atoms with Crippen LogP contribution in [0.3, 0.4) is 0 Å². The number of hydrogen-bond donors (Lipinski definition) is 1. The SMILES string of the molecule is C1=CC2=C(CC1)CN(C1CCNCC1)CC2.CC.[HH]. The normalized spacial score (nSPS) is 25.4. The number of nitrogens with one attached hydrogen (secondary N) is 1. The molecule has 1 saturated heterocycles. The summed E-state index contributed by atoms with van der Waals surface area (Å²) in [7, 11) is 0. The third-order valence-corrected chi connectivity index (χ3v) is 4.27. The lowest BCUT2D eigenvalue weighted by molar-refractivity contribution is 0.168. The average molecular weight is 250 g/mol. The van der Waals surface area contributed by atoms with E-state index in [2.05, 4.69) is 22.4 Å². The molecule has 1 N–H and O–H groups in total. The van der Waals surface area contributed by atoms with Crippen LogP contribution in [0, 0.1) is 0 Å². The Morgan fingerprint density at radius 1 is 1.22 bits per heavy atom. The zero-order chi connectivity index (χ0) is 12.8. The van der Waals surface area contributed by atoms with Crippen molar-refractivity contribution in [2.45, 2.75) is 52.0 Å². The molecule has 3 aliphatic rings. The van der Waals surface area contributed by atoms with E-state index >= 15 is 0 Å². The van der Waals surface area contributed by atoms with Crippen molar-refractivity contribution in [2.24, 2.45) is 0 Å². The van der Waals surface area contributed by atoms with Crippen molar-refractivity contribution in [3.8, 4) is 0 Å². The van der Waals surface area contributed by atoms with Crippen molar-refractivity contribution in [3.05, 3.63) is 23.3 Å². The zero-order valence-electron chi connectivity index (χ0n) is 12.0. The van der Waals surface area contributed by atoms with Gasteiger partial charge in [0.25, 0.3) is 0 Å². The predicted octanol–water partition coefficient (Wildman–Crippen LogP) is 3.36. The number of rotatable bonds is 1. The molecule has 0 amide bonds. The second-order valence-corrected chi connectivity index (χ2v) is 5.27. The Morgan fingerprint density at radius 2 is 2.00 bits per heavy atom. The largest absolute Gasteiger partial charge is 0.317 e. The summed E-state index contributed by atoms with van der Waals surface area (Å²) in [5, 5.41) is 3.46. The van der Waals surface area contributed by atoms with Crippen LogP contribution in [0.5, 0.6) is 0 Å². The number of hydrogen-bond acceptors (Lipinski definition) is 2. The Bertz CT molecular complexity index is 317. The van der Waals surface area contributed by atoms with Gasteiger partial charge in [-0.15, -0.1) is 0 Å². The van der Waals surface area contributed by atoms with Crippen LogP contribution in [0.25, 0.3) is 0 Å². The van der Waals surface area contributed by atoms with Crippen LogP contribution >= 0.6 is 0 Å². The van der Waals surface area contributed by atoms with Gasteiger partial charge in [-0.2, -0.15) is 0 Å². The Kier molecular flexibility index (Phi) is 5.45. The van der Waals surface area contributed by atoms with E-state index in [1.54, 1.807) is 11.1 Å². The predicted molar refractivity (Wildman–Crippen MR) is 80.9 cm³/mol. The molecule has 104 valence electrons. The summed E-state index contributed by atoms with van der Waals surface area (Å²) in [6, 6.07) is 0.848. The van der Waals surface area contributed by atoms with Gasteiger partial charge in [-0.3, -0.25) is 4.90 Å². The Labute approximate surface area is 114 Å². The monoisotopic (exact) mass is 250 g/mol. The van der Waals surface area contributed by atoms with Crippen molar-refractivity contribution in [2.75, 3.05) is 26.2 Å². The van der Waals surface area contributed by atoms with Crippen LogP contribution in [0.2, 0.25) is 0 Å². The van der Waals surface area contributed by atoms with Crippen molar-refractivity contribution in [1.82, 2.24) is 10.2 Å². The highest BCUT2D eigenvalue weighted by atomic mass is 15.2. The molecule has 0 saturated carbocycles. The summed E-state index contributed by atoms with van der Waals surface area (Å²) in [6.07, 6.45) is 11.3. The van der Waals surface area contributed by atoms with Gasteiger partial charge in [0.05, 0.1) is 0 Å². The second kappa shape index (κ2) is 7.10. The zero-order valence-corrected chi connectivity index (χ0v) is 12.0. The smallest absolute Gasteiger partial charge is 0.0201 e. The summed E-state index contributed by atoms with van der Waals surface area (Å²) in [4.78, 5) is 2.73. The first kappa shape index (κ1) is 13.8. The maximum absolute atomic E-state index is 3.46. The standard InChI is InChI=1S/C14H22N2.C2H6.H2/c1-2-4-13-11-16(10-7-12(13)3-1)14-5-8-15-9-6-14;1-2;/h1,3,14-15H,2,4-11H2;1-2H3;1H. The molecule has 0 unspecified atom stereocenters. The van der Waals surface area contributed by atoms with Gasteiger partial charge in [0, 0.05) is 20.6 Å². The van der Waals surface area contributed by atoms with E-state index in [0.29, 0.717) is 0 Å². The number of nitrogens with zero attached hydrogens (tertiary/aromatic N) is 1. The van der Waals surface area contributed by atoms with Gasteiger partial charge >= 0.3 is 0 Å². The van der Waals surface area contributed by atoms with Crippen LogP contribution in [0.1, 0.15) is 47.4 Å². The molecule has 2 aliphatic heterocycles. The van der Waals surface area contributed by atoms with Crippen molar-refractivity contribution >= 4 is 0 Å². The van der Waals surface area contributed by atoms with E-state index in [0.717, 1.165) is 6.04 Å². The fraction of sp³-hybridized carbons (Fsp3) is 0.750. The Balaban J connectivity index is 0.000000576. The summed E-state index contributed by atoms with van der Waals surface area (Å²) < 4.78 is 0. The number of piperidine rings is 1. The van der Waals surface area contributed by atoms with Crippen LogP contribution in [0.15, 0.2) is 23.3 Å². The maximum Gasteiger partial charge on any atom is 0.0201 e. The molecule has 2 heteroatoms. The van der Waals surface area contributed by atoms with E-state index < -0.39 is 0 Å². The highest BCUT2D eigenvalue weighted by molar-refractivity contribution is 5.32. The minimum absolute atomic E-state index is 0. The van der Waals surface area contributed by atoms with E-state index in [4.69, 9.17) is 0 Å². The highest BCUT2D eigenvalue weighted by Gasteiger charge is 2.25. The van der Waals surface area contributed by atoms with Gasteiger partial charge in [0.1, 0.15) is 0 Å². The fourth-order valence-corrected chi connectivity index (χ4v) is 3.27. The van der Waals surface area contributed by atoms with Gasteiger partial charge in [-0.1, -0.05) is 31.6 Å². The van der Waals surface area contributed by atoms with Crippen LogP contribution < -0.4 is 5.32 Å². The molecule has 0 aromatic heterocycles. The van der Waals surface area contributed by atoms with E-state index in [1.807, 2.05) is 13.8 Å². The molecule has 3 rings (SSSR count). The highest BCUT2D eigenvalue weighted by Crippen LogP contribution is 2.28. The summed E-state index contributed by atoms with van der Waals surface area (Å²) >= 11 is 0. The molecule has 2 heterocycles. The lowest BCUT2D eigenvalue weighted by Gasteiger charge is -2.39. The minimum atomic E-state index is 0. The topological polar surface area (TPSA) is 15.3 Å². The first-order chi connectivity index (χ1) is 8.93. The van der Waals surface area contributed by atoms with Gasteiger partial charge in [0.15, 0.2) is 0 Å². The van der Waals surface area contributed by atoms with Gasteiger partial charge in [-0.05, 0) is 50.8 Å². The van der Waals surface area contributed by atoms with Gasteiger partial charge < -0.3 is 5.32 Å². The molecule has 0 atom stereocenters. The van der Waals surface area contributed by atoms with Crippen LogP contribution in [-0.4, -0.2) is 37.1 Å². The molecule has 0 spiro atoms. The Morgan fingerprint density at radius 3 is 2.78 bits per heavy atom. The molecule has 2 nitrogen and oxygen atoms in total. The third kappa shape index (κ3) is 3.24. The molecule has 1 fully saturated rings. The van der Waals surface area contributed by atoms with E-state index in [1.165, 1.54) is 58.3 Å². The van der Waals surface area contributed by atoms with Crippen LogP contribution in [-0.2, 0) is 0 Å². The lowest BCUT2D eigenvalue weighted by Crippen LogP contribution is -2.46. The van der Waals surface area contributed by atoms with Crippen molar-refractivity contribution < 1.29 is 1.43 Å². The van der Waals surface area contributed by atoms with Gasteiger partial charge in [0.2, 0.25) is 0 Å². The van der Waals surface area contributed by atoms with Crippen molar-refractivity contribution in [3.63, 3.8) is 0 Å². The molecule has 0 aromatic carbocycles. The molecular weight excluding hydrogens is 220 g/mol. The second-order valence-electron chi connectivity index (χ2n) is 5.27. The summed E-state index contributed by atoms with van der Waals surface area (Å²) in [5.74, 6) is 0. The molecule has 1 aliphatic carbocycles. The van der Waals surface area contributed by atoms with Gasteiger partial charge in [-0.25, -0.2) is 0 Å². The van der Waals surface area contributed by atoms with Crippen molar-refractivity contribution in [1.29, 1.82) is 0 Å². The van der Waals surface area contributed by atoms with E-state index in [-0.39, 0.29) is 1.43 Å². The molecular formula is C16H30N2. The first-order valence-corrected chi connectivity index (χ1v) is 7.76. The Hall–Kier alpha value is -0.600. The van der Waals surface area contributed by atoms with Crippen LogP contribution in [0.4, 0.5) is 0 Å². The quantitative estimate of drug-likeness (QED) is 0.767. The number of allylic oxidation sites excluding steroid dienone is 2. The molecule has 18 heavy (non-hydrogen) atoms. The summed E-state index contributed by atoms with van der Waals surface area (Å²) in [5.41, 5.74) is 3.38.